The van der Waals surface area contributed by atoms with Crippen LogP contribution in [0.15, 0.2) is 42.7 Å². The highest BCUT2D eigenvalue weighted by atomic mass is 16.3. The Kier molecular flexibility index (Phi) is 6.41. The number of amides is 2. The number of imidazole rings is 1. The van der Waals surface area contributed by atoms with E-state index in [9.17, 15) is 9.59 Å². The number of carbonyl (C=O) groups is 3. The van der Waals surface area contributed by atoms with E-state index in [4.69, 9.17) is 14.9 Å². The lowest BCUT2D eigenvalue weighted by Crippen LogP contribution is -2.20. The number of benzene rings is 1. The van der Waals surface area contributed by atoms with Gasteiger partial charge in [-0.05, 0) is 24.3 Å². The average Bonchev–Trinajstić information content (AvgIpc) is 3.28. The van der Waals surface area contributed by atoms with E-state index < -0.39 is 0 Å². The van der Waals surface area contributed by atoms with Crippen molar-refractivity contribution in [3.63, 3.8) is 0 Å². The number of nitrogens with zero attached hydrogens (tertiary/aromatic N) is 4. The first kappa shape index (κ1) is 21.0. The lowest BCUT2D eigenvalue weighted by atomic mass is 10.1. The van der Waals surface area contributed by atoms with Crippen LogP contribution in [0.1, 0.15) is 13.3 Å². The van der Waals surface area contributed by atoms with Gasteiger partial charge in [-0.2, -0.15) is 0 Å². The van der Waals surface area contributed by atoms with Crippen LogP contribution in [0.4, 0.5) is 5.69 Å². The monoisotopic (exact) mass is 409 g/mol. The molecule has 9 nitrogen and oxygen atoms in total. The predicted octanol–water partition coefficient (Wildman–Crippen LogP) is 2.24. The summed E-state index contributed by atoms with van der Waals surface area (Å²) >= 11 is 0. The number of anilines is 1. The molecule has 0 saturated carbocycles. The number of aromatic nitrogens is 3. The van der Waals surface area contributed by atoms with E-state index in [1.807, 2.05) is 43.6 Å². The summed E-state index contributed by atoms with van der Waals surface area (Å²) in [6.45, 7) is 2.75. The predicted molar refractivity (Wildman–Crippen MR) is 112 cm³/mol. The van der Waals surface area contributed by atoms with E-state index in [0.717, 1.165) is 41.2 Å². The third-order valence-corrected chi connectivity index (χ3v) is 4.83. The molecule has 30 heavy (non-hydrogen) atoms. The van der Waals surface area contributed by atoms with Crippen LogP contribution in [0.2, 0.25) is 0 Å². The van der Waals surface area contributed by atoms with Crippen LogP contribution in [-0.4, -0.2) is 56.4 Å². The van der Waals surface area contributed by atoms with E-state index in [0.29, 0.717) is 6.42 Å². The molecule has 0 aliphatic carbocycles. The molecule has 4 rings (SSSR count). The van der Waals surface area contributed by atoms with Gasteiger partial charge in [0.1, 0.15) is 5.69 Å². The maximum atomic E-state index is 11.8. The number of pyridine rings is 1. The second kappa shape index (κ2) is 9.17. The number of rotatable bonds is 4. The number of hydrogen-bond acceptors (Lipinski definition) is 5. The summed E-state index contributed by atoms with van der Waals surface area (Å²) in [5.74, 6) is 1.18. The van der Waals surface area contributed by atoms with E-state index in [1.54, 1.807) is 11.1 Å². The molecule has 0 radical (unpaired) electrons. The van der Waals surface area contributed by atoms with E-state index in [2.05, 4.69) is 14.9 Å². The third-order valence-electron chi connectivity index (χ3n) is 4.83. The number of carboxylic acid groups (broad SMARTS) is 1. The van der Waals surface area contributed by atoms with Gasteiger partial charge in [-0.25, -0.2) is 9.97 Å². The van der Waals surface area contributed by atoms with Gasteiger partial charge in [0, 0.05) is 62.9 Å². The van der Waals surface area contributed by atoms with Gasteiger partial charge in [0.25, 0.3) is 6.47 Å². The first-order valence-corrected chi connectivity index (χ1v) is 9.43. The highest BCUT2D eigenvalue weighted by molar-refractivity contribution is 5.92. The Morgan fingerprint density at radius 2 is 2.10 bits per heavy atom. The summed E-state index contributed by atoms with van der Waals surface area (Å²) in [6.07, 6.45) is 4.27. The number of likely N-dealkylation sites (tertiary alicyclic amines) is 1. The summed E-state index contributed by atoms with van der Waals surface area (Å²) in [5, 5.41) is 10.6. The van der Waals surface area contributed by atoms with Gasteiger partial charge in [-0.15, -0.1) is 0 Å². The molecule has 1 fully saturated rings. The zero-order chi connectivity index (χ0) is 21.7. The van der Waals surface area contributed by atoms with E-state index in [-0.39, 0.29) is 24.2 Å². The molecule has 1 unspecified atom stereocenters. The zero-order valence-corrected chi connectivity index (χ0v) is 16.8. The molecule has 0 spiro atoms. The molecule has 2 aromatic heterocycles. The number of nitrogens with one attached hydrogen (secondary N) is 1. The molecule has 1 aliphatic rings. The van der Waals surface area contributed by atoms with Gasteiger partial charge < -0.3 is 19.9 Å². The highest BCUT2D eigenvalue weighted by Gasteiger charge is 2.27. The minimum absolute atomic E-state index is 0.100. The Morgan fingerprint density at radius 1 is 1.33 bits per heavy atom. The largest absolute Gasteiger partial charge is 0.483 e. The molecule has 3 aromatic rings. The van der Waals surface area contributed by atoms with Gasteiger partial charge in [0.05, 0.1) is 5.52 Å². The van der Waals surface area contributed by atoms with E-state index in [1.165, 1.54) is 6.92 Å². The molecule has 2 N–H and O–H groups in total. The van der Waals surface area contributed by atoms with Gasteiger partial charge in [0.2, 0.25) is 11.8 Å². The maximum Gasteiger partial charge on any atom is 0.290 e. The average molecular weight is 409 g/mol. The van der Waals surface area contributed by atoms with Crippen molar-refractivity contribution in [1.29, 1.82) is 0 Å². The first-order valence-electron chi connectivity index (χ1n) is 9.43. The van der Waals surface area contributed by atoms with Gasteiger partial charge in [0.15, 0.2) is 5.82 Å². The quantitative estimate of drug-likeness (QED) is 0.638. The molecular formula is C21H23N5O4. The molecule has 1 aliphatic heterocycles. The maximum absolute atomic E-state index is 11.8. The fourth-order valence-corrected chi connectivity index (χ4v) is 3.58. The van der Waals surface area contributed by atoms with Crippen LogP contribution >= 0.6 is 0 Å². The number of carbonyl (C=O) groups excluding carboxylic acids is 2. The third kappa shape index (κ3) is 4.80. The van der Waals surface area contributed by atoms with Crippen LogP contribution in [0, 0.1) is 5.92 Å². The molecular weight excluding hydrogens is 386 g/mol. The Balaban J connectivity index is 0.000000806. The van der Waals surface area contributed by atoms with Crippen LogP contribution in [-0.2, 0) is 20.9 Å². The van der Waals surface area contributed by atoms with Crippen molar-refractivity contribution < 1.29 is 19.5 Å². The first-order chi connectivity index (χ1) is 14.4. The van der Waals surface area contributed by atoms with Crippen molar-refractivity contribution >= 4 is 34.9 Å². The van der Waals surface area contributed by atoms with Crippen LogP contribution in [0.3, 0.4) is 0 Å². The molecule has 1 atom stereocenters. The van der Waals surface area contributed by atoms with E-state index >= 15 is 0 Å². The summed E-state index contributed by atoms with van der Waals surface area (Å²) < 4.78 is 2.07. The summed E-state index contributed by atoms with van der Waals surface area (Å²) in [7, 11) is 1.84. The van der Waals surface area contributed by atoms with Gasteiger partial charge in [-0.1, -0.05) is 6.07 Å². The summed E-state index contributed by atoms with van der Waals surface area (Å²) in [5.41, 5.74) is 2.38. The lowest BCUT2D eigenvalue weighted by Gasteiger charge is -2.13. The normalized spacial score (nSPS) is 15.6. The zero-order valence-electron chi connectivity index (χ0n) is 16.8. The smallest absolute Gasteiger partial charge is 0.290 e. The molecule has 9 heteroatoms. The van der Waals surface area contributed by atoms with Crippen molar-refractivity contribution in [2.75, 3.05) is 18.9 Å². The molecule has 3 heterocycles. The summed E-state index contributed by atoms with van der Waals surface area (Å²) in [4.78, 5) is 42.3. The Hall–Kier alpha value is -3.75. The molecule has 156 valence electrons. The SMILES string of the molecule is CC(=O)Nc1ccc2nc(-c3nccn3CC3CC(=O)N(C)C3)ccc2c1.O=CO. The van der Waals surface area contributed by atoms with Crippen LogP contribution in [0.25, 0.3) is 22.4 Å². The number of hydrogen-bond donors (Lipinski definition) is 2. The molecule has 2 amide bonds. The minimum atomic E-state index is -0.250. The second-order valence-corrected chi connectivity index (χ2v) is 7.14. The van der Waals surface area contributed by atoms with Crippen LogP contribution < -0.4 is 5.32 Å². The minimum Gasteiger partial charge on any atom is -0.483 e. The lowest BCUT2D eigenvalue weighted by molar-refractivity contribution is -0.126. The fourth-order valence-electron chi connectivity index (χ4n) is 3.58. The Bertz CT molecular complexity index is 1080. The van der Waals surface area contributed by atoms with Gasteiger partial charge in [-0.3, -0.25) is 14.4 Å². The molecule has 1 aromatic carbocycles. The highest BCUT2D eigenvalue weighted by Crippen LogP contribution is 2.25. The molecule has 1 saturated heterocycles. The van der Waals surface area contributed by atoms with Crippen molar-refractivity contribution in [2.45, 2.75) is 19.9 Å². The standard InChI is InChI=1S/C20H21N5O2.CH2O2/c1-13(26)22-16-4-6-17-15(10-16)3-5-18(23-17)20-21-7-8-25(20)12-14-9-19(27)24(2)11-14;2-1-3/h3-8,10,14H,9,11-12H2,1-2H3,(H,22,26);1H,(H,2,3). The molecule has 0 bridgehead atoms. The Labute approximate surface area is 173 Å². The second-order valence-electron chi connectivity index (χ2n) is 7.14. The summed E-state index contributed by atoms with van der Waals surface area (Å²) in [6, 6.07) is 9.55. The van der Waals surface area contributed by atoms with Crippen molar-refractivity contribution in [3.05, 3.63) is 42.7 Å². The topological polar surface area (TPSA) is 117 Å². The number of fused-ring (bicyclic) bond motifs is 1. The van der Waals surface area contributed by atoms with Crippen molar-refractivity contribution in [3.8, 4) is 11.5 Å². The van der Waals surface area contributed by atoms with Crippen molar-refractivity contribution in [2.24, 2.45) is 5.92 Å². The van der Waals surface area contributed by atoms with Crippen LogP contribution in [0.5, 0.6) is 0 Å². The fraction of sp³-hybridized carbons (Fsp3) is 0.286. The van der Waals surface area contributed by atoms with Crippen molar-refractivity contribution in [1.82, 2.24) is 19.4 Å². The Morgan fingerprint density at radius 3 is 2.77 bits per heavy atom. The van der Waals surface area contributed by atoms with Gasteiger partial charge >= 0.3 is 0 Å².